The minimum atomic E-state index is -0.346. The molecule has 0 radical (unpaired) electrons. The first-order valence-electron chi connectivity index (χ1n) is 6.19. The van der Waals surface area contributed by atoms with Crippen molar-refractivity contribution in [2.75, 3.05) is 24.3 Å². The number of anilines is 2. The Morgan fingerprint density at radius 3 is 2.70 bits per heavy atom. The lowest BCUT2D eigenvalue weighted by Crippen LogP contribution is -2.19. The molecule has 0 bridgehead atoms. The zero-order valence-corrected chi connectivity index (χ0v) is 11.6. The monoisotopic (exact) mass is 273 g/mol. The third kappa shape index (κ3) is 2.93. The van der Waals surface area contributed by atoms with Crippen LogP contribution in [0.2, 0.25) is 0 Å². The molecule has 1 N–H and O–H groups in total. The molecule has 0 atom stereocenters. The molecule has 20 heavy (non-hydrogen) atoms. The number of amides is 1. The Labute approximate surface area is 117 Å². The number of nitrogens with one attached hydrogen (secondary N) is 1. The van der Waals surface area contributed by atoms with Crippen molar-refractivity contribution in [1.29, 1.82) is 0 Å². The molecule has 2 rings (SSSR count). The number of hydrogen-bond donors (Lipinski definition) is 1. The summed E-state index contributed by atoms with van der Waals surface area (Å²) >= 11 is 0. The number of halogens is 1. The first kappa shape index (κ1) is 14.0. The summed E-state index contributed by atoms with van der Waals surface area (Å²) in [5.74, 6) is -0.0931. The van der Waals surface area contributed by atoms with E-state index < -0.39 is 0 Å². The molecular weight excluding hydrogens is 257 g/mol. The van der Waals surface area contributed by atoms with E-state index in [9.17, 15) is 9.18 Å². The largest absolute Gasteiger partial charge is 0.362 e. The van der Waals surface area contributed by atoms with Crippen molar-refractivity contribution in [3.8, 4) is 0 Å². The van der Waals surface area contributed by atoms with Crippen LogP contribution >= 0.6 is 0 Å². The second kappa shape index (κ2) is 5.69. The summed E-state index contributed by atoms with van der Waals surface area (Å²) in [6.07, 6.45) is 1.62. The number of carbonyl (C=O) groups is 1. The van der Waals surface area contributed by atoms with Crippen molar-refractivity contribution in [3.63, 3.8) is 0 Å². The Morgan fingerprint density at radius 2 is 2.05 bits per heavy atom. The van der Waals surface area contributed by atoms with Gasteiger partial charge in [0.1, 0.15) is 11.6 Å². The SMILES string of the molecule is Cc1ccc(NC(=O)c2cccnc2N(C)C)cc1F. The fourth-order valence-electron chi connectivity index (χ4n) is 1.80. The summed E-state index contributed by atoms with van der Waals surface area (Å²) in [4.78, 5) is 18.2. The zero-order chi connectivity index (χ0) is 14.7. The molecule has 4 nitrogen and oxygen atoms in total. The second-order valence-corrected chi connectivity index (χ2v) is 4.69. The molecule has 0 aliphatic carbocycles. The zero-order valence-electron chi connectivity index (χ0n) is 11.6. The van der Waals surface area contributed by atoms with Crippen LogP contribution in [0.4, 0.5) is 15.9 Å². The van der Waals surface area contributed by atoms with E-state index in [1.165, 1.54) is 6.07 Å². The average Bonchev–Trinajstić information content (AvgIpc) is 2.43. The molecule has 1 aromatic heterocycles. The van der Waals surface area contributed by atoms with E-state index >= 15 is 0 Å². The highest BCUT2D eigenvalue weighted by Gasteiger charge is 2.14. The van der Waals surface area contributed by atoms with Crippen LogP contribution < -0.4 is 10.2 Å². The van der Waals surface area contributed by atoms with E-state index in [1.54, 1.807) is 42.3 Å². The van der Waals surface area contributed by atoms with Crippen molar-refractivity contribution < 1.29 is 9.18 Å². The van der Waals surface area contributed by atoms with Crippen molar-refractivity contribution in [1.82, 2.24) is 4.98 Å². The minimum absolute atomic E-state index is 0.315. The van der Waals surface area contributed by atoms with Gasteiger partial charge in [-0.15, -0.1) is 0 Å². The Kier molecular flexibility index (Phi) is 3.98. The highest BCUT2D eigenvalue weighted by molar-refractivity contribution is 6.07. The first-order valence-corrected chi connectivity index (χ1v) is 6.19. The van der Waals surface area contributed by atoms with Crippen LogP contribution in [0.5, 0.6) is 0 Å². The van der Waals surface area contributed by atoms with E-state index in [0.29, 0.717) is 22.6 Å². The molecule has 0 fully saturated rings. The molecule has 0 aliphatic rings. The lowest BCUT2D eigenvalue weighted by molar-refractivity contribution is 0.102. The molecular formula is C15H16FN3O. The van der Waals surface area contributed by atoms with Crippen LogP contribution in [0.3, 0.4) is 0 Å². The summed E-state index contributed by atoms with van der Waals surface area (Å²) in [5, 5.41) is 2.68. The van der Waals surface area contributed by atoms with E-state index in [1.807, 2.05) is 14.1 Å². The van der Waals surface area contributed by atoms with E-state index in [2.05, 4.69) is 10.3 Å². The third-order valence-corrected chi connectivity index (χ3v) is 2.88. The molecule has 1 heterocycles. The second-order valence-electron chi connectivity index (χ2n) is 4.69. The van der Waals surface area contributed by atoms with Gasteiger partial charge in [-0.3, -0.25) is 4.79 Å². The molecule has 104 valence electrons. The number of aromatic nitrogens is 1. The maximum absolute atomic E-state index is 13.5. The van der Waals surface area contributed by atoms with Gasteiger partial charge in [0.2, 0.25) is 0 Å². The quantitative estimate of drug-likeness (QED) is 0.935. The number of pyridine rings is 1. The van der Waals surface area contributed by atoms with Gasteiger partial charge in [0.25, 0.3) is 5.91 Å². The fraction of sp³-hybridized carbons (Fsp3) is 0.200. The number of rotatable bonds is 3. The highest BCUT2D eigenvalue weighted by atomic mass is 19.1. The van der Waals surface area contributed by atoms with Crippen LogP contribution in [0.15, 0.2) is 36.5 Å². The summed E-state index contributed by atoms with van der Waals surface area (Å²) in [6, 6.07) is 7.97. The average molecular weight is 273 g/mol. The van der Waals surface area contributed by atoms with E-state index in [-0.39, 0.29) is 11.7 Å². The number of hydrogen-bond acceptors (Lipinski definition) is 3. The Bertz CT molecular complexity index is 641. The standard InChI is InChI=1S/C15H16FN3O/c1-10-6-7-11(9-13(10)16)18-15(20)12-5-4-8-17-14(12)19(2)3/h4-9H,1-3H3,(H,18,20). The van der Waals surface area contributed by atoms with Gasteiger partial charge in [-0.2, -0.15) is 0 Å². The fourth-order valence-corrected chi connectivity index (χ4v) is 1.80. The van der Waals surface area contributed by atoms with Crippen molar-refractivity contribution >= 4 is 17.4 Å². The third-order valence-electron chi connectivity index (χ3n) is 2.88. The predicted molar refractivity (Wildman–Crippen MR) is 77.7 cm³/mol. The molecule has 0 aliphatic heterocycles. The molecule has 1 aromatic carbocycles. The molecule has 0 saturated carbocycles. The Morgan fingerprint density at radius 1 is 1.30 bits per heavy atom. The van der Waals surface area contributed by atoms with Gasteiger partial charge in [-0.25, -0.2) is 9.37 Å². The van der Waals surface area contributed by atoms with Gasteiger partial charge < -0.3 is 10.2 Å². The number of carbonyl (C=O) groups excluding carboxylic acids is 1. The lowest BCUT2D eigenvalue weighted by Gasteiger charge is -2.15. The van der Waals surface area contributed by atoms with Gasteiger partial charge in [-0.05, 0) is 36.8 Å². The van der Waals surface area contributed by atoms with Gasteiger partial charge in [0.15, 0.2) is 0 Å². The molecule has 0 saturated heterocycles. The Balaban J connectivity index is 2.26. The van der Waals surface area contributed by atoms with Crippen molar-refractivity contribution in [2.24, 2.45) is 0 Å². The van der Waals surface area contributed by atoms with E-state index in [0.717, 1.165) is 0 Å². The van der Waals surface area contributed by atoms with Crippen LogP contribution in [0.25, 0.3) is 0 Å². The van der Waals surface area contributed by atoms with Crippen LogP contribution in [-0.4, -0.2) is 25.0 Å². The topological polar surface area (TPSA) is 45.2 Å². The minimum Gasteiger partial charge on any atom is -0.362 e. The van der Waals surface area contributed by atoms with Gasteiger partial charge in [-0.1, -0.05) is 6.07 Å². The molecule has 0 spiro atoms. The van der Waals surface area contributed by atoms with Crippen LogP contribution in [0, 0.1) is 12.7 Å². The lowest BCUT2D eigenvalue weighted by atomic mass is 10.2. The number of benzene rings is 1. The normalized spacial score (nSPS) is 10.2. The number of nitrogens with zero attached hydrogens (tertiary/aromatic N) is 2. The molecule has 2 aromatic rings. The maximum atomic E-state index is 13.5. The summed E-state index contributed by atoms with van der Waals surface area (Å²) in [5.41, 5.74) is 1.41. The smallest absolute Gasteiger partial charge is 0.259 e. The van der Waals surface area contributed by atoms with Crippen LogP contribution in [0.1, 0.15) is 15.9 Å². The van der Waals surface area contributed by atoms with Crippen molar-refractivity contribution in [2.45, 2.75) is 6.92 Å². The highest BCUT2D eigenvalue weighted by Crippen LogP contribution is 2.18. The molecule has 0 unspecified atom stereocenters. The first-order chi connectivity index (χ1) is 9.49. The van der Waals surface area contributed by atoms with Gasteiger partial charge >= 0.3 is 0 Å². The maximum Gasteiger partial charge on any atom is 0.259 e. The van der Waals surface area contributed by atoms with E-state index in [4.69, 9.17) is 0 Å². The van der Waals surface area contributed by atoms with Gasteiger partial charge in [0, 0.05) is 26.0 Å². The van der Waals surface area contributed by atoms with Crippen LogP contribution in [-0.2, 0) is 0 Å². The van der Waals surface area contributed by atoms with Crippen molar-refractivity contribution in [3.05, 3.63) is 53.5 Å². The number of aryl methyl sites for hydroxylation is 1. The molecule has 1 amide bonds. The van der Waals surface area contributed by atoms with Gasteiger partial charge in [0.05, 0.1) is 5.56 Å². The Hall–Kier alpha value is -2.43. The predicted octanol–water partition coefficient (Wildman–Crippen LogP) is 2.85. The summed E-state index contributed by atoms with van der Waals surface area (Å²) in [7, 11) is 3.62. The summed E-state index contributed by atoms with van der Waals surface area (Å²) < 4.78 is 13.5. The molecule has 5 heteroatoms. The summed E-state index contributed by atoms with van der Waals surface area (Å²) in [6.45, 7) is 1.67.